The highest BCUT2D eigenvalue weighted by Gasteiger charge is 2.51. The van der Waals surface area contributed by atoms with Gasteiger partial charge in [-0.15, -0.1) is 0 Å². The molecule has 1 rings (SSSR count). The number of unbranched alkanes of at least 4 members (excludes halogenated alkanes) is 2. The van der Waals surface area contributed by atoms with Gasteiger partial charge in [-0.05, 0) is 6.42 Å². The molecule has 0 bridgehead atoms. The summed E-state index contributed by atoms with van der Waals surface area (Å²) in [5.41, 5.74) is 0. The molecule has 0 saturated carbocycles. The van der Waals surface area contributed by atoms with Crippen molar-refractivity contribution in [2.75, 3.05) is 6.61 Å². The largest absolute Gasteiger partial charge is 0.463 e. The summed E-state index contributed by atoms with van der Waals surface area (Å²) in [5.74, 6) is -2.82. The van der Waals surface area contributed by atoms with Crippen LogP contribution in [0.3, 0.4) is 0 Å². The molecule has 0 radical (unpaired) electrons. The number of rotatable bonds is 9. The first kappa shape index (κ1) is 23.9. The van der Waals surface area contributed by atoms with E-state index in [-0.39, 0.29) is 6.61 Å². The molecular weight excluding hydrogens is 372 g/mol. The van der Waals surface area contributed by atoms with Gasteiger partial charge in [0.2, 0.25) is 6.29 Å². The Kier molecular flexibility index (Phi) is 9.92. The van der Waals surface area contributed by atoms with E-state index in [2.05, 4.69) is 0 Å². The number of hydrogen-bond acceptors (Lipinski definition) is 9. The molecule has 160 valence electrons. The van der Waals surface area contributed by atoms with Crippen LogP contribution >= 0.6 is 0 Å². The molecule has 0 spiro atoms. The zero-order valence-corrected chi connectivity index (χ0v) is 17.1. The lowest BCUT2D eigenvalue weighted by atomic mass is 9.86. The van der Waals surface area contributed by atoms with E-state index in [1.54, 1.807) is 0 Å². The number of carbonyl (C=O) groups is 4. The number of esters is 4. The quantitative estimate of drug-likeness (QED) is 0.324. The average molecular weight is 402 g/mol. The standard InChI is InChI=1S/C19H30O9/c1-6-7-8-9-15-17(25-12(3)21)18(26-13(4)22)16(10-24-11(2)20)28-19(15)27-14(5)23/h15-19H,6-10H2,1-5H3/t15-,16-,17-,18-,19-/m1/s1. The monoisotopic (exact) mass is 402 g/mol. The van der Waals surface area contributed by atoms with Crippen LogP contribution in [0.1, 0.15) is 60.3 Å². The Labute approximate surface area is 165 Å². The molecule has 0 N–H and O–H groups in total. The molecule has 1 fully saturated rings. The second kappa shape index (κ2) is 11.6. The Morgan fingerprint density at radius 3 is 1.86 bits per heavy atom. The summed E-state index contributed by atoms with van der Waals surface area (Å²) in [7, 11) is 0. The minimum Gasteiger partial charge on any atom is -0.463 e. The van der Waals surface area contributed by atoms with Crippen LogP contribution in [0.15, 0.2) is 0 Å². The van der Waals surface area contributed by atoms with E-state index in [1.165, 1.54) is 27.7 Å². The van der Waals surface area contributed by atoms with Gasteiger partial charge < -0.3 is 23.7 Å². The van der Waals surface area contributed by atoms with Crippen molar-refractivity contribution in [1.82, 2.24) is 0 Å². The van der Waals surface area contributed by atoms with E-state index in [4.69, 9.17) is 23.7 Å². The summed E-state index contributed by atoms with van der Waals surface area (Å²) < 4.78 is 27.0. The summed E-state index contributed by atoms with van der Waals surface area (Å²) in [4.78, 5) is 46.1. The third-order valence-electron chi connectivity index (χ3n) is 4.25. The summed E-state index contributed by atoms with van der Waals surface area (Å²) in [6.45, 7) is 6.73. The summed E-state index contributed by atoms with van der Waals surface area (Å²) >= 11 is 0. The molecule has 1 aliphatic rings. The van der Waals surface area contributed by atoms with Crippen LogP contribution in [0.2, 0.25) is 0 Å². The first-order valence-electron chi connectivity index (χ1n) is 9.46. The van der Waals surface area contributed by atoms with Crippen LogP contribution in [0.5, 0.6) is 0 Å². The summed E-state index contributed by atoms with van der Waals surface area (Å²) in [6.07, 6.45) is -0.688. The zero-order chi connectivity index (χ0) is 21.3. The second-order valence-corrected chi connectivity index (χ2v) is 6.76. The molecule has 0 aromatic rings. The van der Waals surface area contributed by atoms with E-state index in [9.17, 15) is 19.2 Å². The van der Waals surface area contributed by atoms with Gasteiger partial charge >= 0.3 is 23.9 Å². The molecule has 1 aliphatic heterocycles. The predicted octanol–water partition coefficient (Wildman–Crippen LogP) is 1.90. The van der Waals surface area contributed by atoms with Crippen LogP contribution in [0.25, 0.3) is 0 Å². The first-order valence-corrected chi connectivity index (χ1v) is 9.46. The minimum atomic E-state index is -1.02. The molecule has 28 heavy (non-hydrogen) atoms. The van der Waals surface area contributed by atoms with Gasteiger partial charge in [0.15, 0.2) is 12.2 Å². The van der Waals surface area contributed by atoms with E-state index >= 15 is 0 Å². The number of hydrogen-bond donors (Lipinski definition) is 0. The SMILES string of the molecule is CCCCC[C@H]1[C@H](OC(C)=O)O[C@H](COC(C)=O)[C@@H](OC(C)=O)[C@@H]1OC(C)=O. The number of ether oxygens (including phenoxy) is 5. The van der Waals surface area contributed by atoms with Crippen LogP contribution in [0.4, 0.5) is 0 Å². The van der Waals surface area contributed by atoms with Gasteiger partial charge in [-0.25, -0.2) is 0 Å². The van der Waals surface area contributed by atoms with Crippen LogP contribution in [-0.2, 0) is 42.9 Å². The highest BCUT2D eigenvalue weighted by molar-refractivity contribution is 5.68. The van der Waals surface area contributed by atoms with Crippen molar-refractivity contribution >= 4 is 23.9 Å². The minimum absolute atomic E-state index is 0.246. The molecule has 0 aromatic heterocycles. The predicted molar refractivity (Wildman–Crippen MR) is 95.8 cm³/mol. The van der Waals surface area contributed by atoms with Crippen molar-refractivity contribution in [3.8, 4) is 0 Å². The topological polar surface area (TPSA) is 114 Å². The molecule has 0 unspecified atom stereocenters. The van der Waals surface area contributed by atoms with Crippen molar-refractivity contribution in [3.05, 3.63) is 0 Å². The first-order chi connectivity index (χ1) is 13.1. The molecular formula is C19H30O9. The molecule has 9 nitrogen and oxygen atoms in total. The van der Waals surface area contributed by atoms with E-state index in [0.29, 0.717) is 6.42 Å². The lowest BCUT2D eigenvalue weighted by molar-refractivity contribution is -0.285. The van der Waals surface area contributed by atoms with E-state index in [1.807, 2.05) is 6.92 Å². The van der Waals surface area contributed by atoms with Gasteiger partial charge in [0, 0.05) is 27.7 Å². The van der Waals surface area contributed by atoms with Crippen molar-refractivity contribution in [3.63, 3.8) is 0 Å². The Balaban J connectivity index is 3.21. The van der Waals surface area contributed by atoms with E-state index < -0.39 is 54.4 Å². The lowest BCUT2D eigenvalue weighted by Gasteiger charge is -2.44. The van der Waals surface area contributed by atoms with Crippen molar-refractivity contribution in [2.24, 2.45) is 5.92 Å². The Morgan fingerprint density at radius 1 is 0.786 bits per heavy atom. The van der Waals surface area contributed by atoms with Gasteiger partial charge in [0.05, 0.1) is 5.92 Å². The zero-order valence-electron chi connectivity index (χ0n) is 17.1. The maximum absolute atomic E-state index is 11.7. The number of carbonyl (C=O) groups excluding carboxylic acids is 4. The Hall–Kier alpha value is -2.16. The molecule has 1 heterocycles. The Bertz CT molecular complexity index is 560. The van der Waals surface area contributed by atoms with Gasteiger partial charge in [0.1, 0.15) is 12.7 Å². The summed E-state index contributed by atoms with van der Waals surface area (Å²) in [5, 5.41) is 0. The van der Waals surface area contributed by atoms with Crippen LogP contribution < -0.4 is 0 Å². The van der Waals surface area contributed by atoms with Crippen LogP contribution in [-0.4, -0.2) is 55.1 Å². The maximum atomic E-state index is 11.7. The highest BCUT2D eigenvalue weighted by Crippen LogP contribution is 2.35. The third kappa shape index (κ3) is 7.84. The van der Waals surface area contributed by atoms with Gasteiger partial charge in [-0.3, -0.25) is 19.2 Å². The second-order valence-electron chi connectivity index (χ2n) is 6.76. The normalized spacial score (nSPS) is 26.8. The molecule has 0 aromatic carbocycles. The van der Waals surface area contributed by atoms with Crippen molar-refractivity contribution < 1.29 is 42.9 Å². The van der Waals surface area contributed by atoms with Crippen LogP contribution in [0, 0.1) is 5.92 Å². The average Bonchev–Trinajstić information content (AvgIpc) is 2.56. The fraction of sp³-hybridized carbons (Fsp3) is 0.789. The maximum Gasteiger partial charge on any atom is 0.304 e. The molecule has 5 atom stereocenters. The highest BCUT2D eigenvalue weighted by atomic mass is 16.7. The molecule has 0 aliphatic carbocycles. The van der Waals surface area contributed by atoms with Gasteiger partial charge in [-0.1, -0.05) is 26.2 Å². The summed E-state index contributed by atoms with van der Waals surface area (Å²) in [6, 6.07) is 0. The van der Waals surface area contributed by atoms with Crippen molar-refractivity contribution in [1.29, 1.82) is 0 Å². The fourth-order valence-electron chi connectivity index (χ4n) is 3.18. The molecule has 0 amide bonds. The van der Waals surface area contributed by atoms with Gasteiger partial charge in [-0.2, -0.15) is 0 Å². The lowest BCUT2D eigenvalue weighted by Crippen LogP contribution is -2.59. The van der Waals surface area contributed by atoms with Crippen molar-refractivity contribution in [2.45, 2.75) is 84.9 Å². The third-order valence-corrected chi connectivity index (χ3v) is 4.25. The Morgan fingerprint density at radius 2 is 1.36 bits per heavy atom. The molecule has 1 saturated heterocycles. The molecule has 9 heteroatoms. The van der Waals surface area contributed by atoms with E-state index in [0.717, 1.165) is 19.3 Å². The van der Waals surface area contributed by atoms with Gasteiger partial charge in [0.25, 0.3) is 0 Å². The smallest absolute Gasteiger partial charge is 0.304 e. The fourth-order valence-corrected chi connectivity index (χ4v) is 3.18.